The molecule has 0 N–H and O–H groups in total. The highest BCUT2D eigenvalue weighted by Gasteiger charge is 2.22. The molecule has 1 aromatic carbocycles. The minimum absolute atomic E-state index is 0.685. The van der Waals surface area contributed by atoms with Gasteiger partial charge in [-0.3, -0.25) is 4.68 Å². The Kier molecular flexibility index (Phi) is 2.23. The van der Waals surface area contributed by atoms with Crippen LogP contribution in [0, 0.1) is 6.92 Å². The Morgan fingerprint density at radius 2 is 1.94 bits per heavy atom. The zero-order valence-corrected chi connectivity index (χ0v) is 10.8. The van der Waals surface area contributed by atoms with Crippen molar-refractivity contribution in [2.24, 2.45) is 7.05 Å². The minimum Gasteiger partial charge on any atom is -0.495 e. The monoisotopic (exact) mass is 246 g/mol. The van der Waals surface area contributed by atoms with Gasteiger partial charge in [0.1, 0.15) is 11.3 Å². The molecule has 0 bridgehead atoms. The second kappa shape index (κ2) is 3.66. The maximum atomic E-state index is 5.52. The van der Waals surface area contributed by atoms with Crippen molar-refractivity contribution >= 4 is 21.9 Å². The highest BCUT2D eigenvalue weighted by molar-refractivity contribution is 6.08. The molecule has 0 radical (unpaired) electrons. The van der Waals surface area contributed by atoms with Crippen LogP contribution >= 0.6 is 0 Å². The number of furan rings is 1. The highest BCUT2D eigenvalue weighted by atomic mass is 16.5. The highest BCUT2D eigenvalue weighted by Crippen LogP contribution is 2.43. The van der Waals surface area contributed by atoms with Crippen molar-refractivity contribution in [3.63, 3.8) is 0 Å². The normalized spacial score (nSPS) is 11.3. The summed E-state index contributed by atoms with van der Waals surface area (Å²) in [5, 5.41) is 6.29. The summed E-state index contributed by atoms with van der Waals surface area (Å²) in [6.45, 7) is 1.95. The van der Waals surface area contributed by atoms with E-state index in [0.717, 1.165) is 27.7 Å². The Morgan fingerprint density at radius 3 is 2.61 bits per heavy atom. The Bertz CT molecular complexity index is 681. The van der Waals surface area contributed by atoms with Crippen molar-refractivity contribution in [2.75, 3.05) is 14.2 Å². The topological polar surface area (TPSA) is 49.4 Å². The molecule has 5 nitrogen and oxygen atoms in total. The van der Waals surface area contributed by atoms with Gasteiger partial charge in [-0.25, -0.2) is 0 Å². The Balaban J connectivity index is 2.65. The van der Waals surface area contributed by atoms with E-state index in [1.165, 1.54) is 0 Å². The van der Waals surface area contributed by atoms with Crippen LogP contribution in [0.3, 0.4) is 0 Å². The fraction of sp³-hybridized carbons (Fsp3) is 0.308. The molecule has 5 heteroatoms. The summed E-state index contributed by atoms with van der Waals surface area (Å²) < 4.78 is 18.3. The second-order valence-electron chi connectivity index (χ2n) is 4.16. The molecule has 0 saturated heterocycles. The summed E-state index contributed by atoms with van der Waals surface area (Å²) in [5.74, 6) is 1.47. The predicted octanol–water partition coefficient (Wildman–Crippen LogP) is 2.65. The van der Waals surface area contributed by atoms with Gasteiger partial charge in [0.25, 0.3) is 0 Å². The lowest BCUT2D eigenvalue weighted by molar-refractivity contribution is 0.408. The molecule has 18 heavy (non-hydrogen) atoms. The average molecular weight is 246 g/mol. The first kappa shape index (κ1) is 11.0. The van der Waals surface area contributed by atoms with E-state index in [9.17, 15) is 0 Å². The summed E-state index contributed by atoms with van der Waals surface area (Å²) in [6, 6.07) is 1.88. The third-order valence-corrected chi connectivity index (χ3v) is 3.19. The number of nitrogens with zero attached hydrogens (tertiary/aromatic N) is 2. The first-order chi connectivity index (χ1) is 8.69. The molecular formula is C13H14N2O3. The number of ether oxygens (including phenoxy) is 2. The molecule has 0 aliphatic heterocycles. The Morgan fingerprint density at radius 1 is 1.22 bits per heavy atom. The molecule has 2 aromatic heterocycles. The molecule has 94 valence electrons. The lowest BCUT2D eigenvalue weighted by Gasteiger charge is -2.09. The Labute approximate surface area is 104 Å². The van der Waals surface area contributed by atoms with Gasteiger partial charge in [-0.1, -0.05) is 0 Å². The summed E-state index contributed by atoms with van der Waals surface area (Å²) in [4.78, 5) is 0. The van der Waals surface area contributed by atoms with E-state index in [0.29, 0.717) is 11.3 Å². The van der Waals surface area contributed by atoms with E-state index in [2.05, 4.69) is 5.10 Å². The summed E-state index contributed by atoms with van der Waals surface area (Å²) in [5.41, 5.74) is 2.48. The van der Waals surface area contributed by atoms with Crippen molar-refractivity contribution in [3.05, 3.63) is 18.0 Å². The number of benzene rings is 1. The summed E-state index contributed by atoms with van der Waals surface area (Å²) in [7, 11) is 5.16. The lowest BCUT2D eigenvalue weighted by Crippen LogP contribution is -1.95. The standard InChI is InChI=1S/C13H14N2O3/c1-7-9-10(15(2)14-7)13(17-4)12-8(5-6-18-12)11(9)16-3/h5-6H,1-4H3. The quantitative estimate of drug-likeness (QED) is 0.697. The molecule has 0 atom stereocenters. The van der Waals surface area contributed by atoms with E-state index in [1.807, 2.05) is 20.0 Å². The van der Waals surface area contributed by atoms with Crippen LogP contribution in [0.15, 0.2) is 16.7 Å². The zero-order chi connectivity index (χ0) is 12.9. The first-order valence-electron chi connectivity index (χ1n) is 5.63. The molecule has 2 heterocycles. The van der Waals surface area contributed by atoms with E-state index < -0.39 is 0 Å². The van der Waals surface area contributed by atoms with Crippen LogP contribution in [0.2, 0.25) is 0 Å². The van der Waals surface area contributed by atoms with E-state index >= 15 is 0 Å². The molecule has 0 aliphatic carbocycles. The van der Waals surface area contributed by atoms with Crippen LogP contribution in [0.1, 0.15) is 5.69 Å². The number of rotatable bonds is 2. The van der Waals surface area contributed by atoms with Crippen molar-refractivity contribution in [1.82, 2.24) is 9.78 Å². The van der Waals surface area contributed by atoms with Gasteiger partial charge >= 0.3 is 0 Å². The van der Waals surface area contributed by atoms with Gasteiger partial charge in [0.15, 0.2) is 11.3 Å². The van der Waals surface area contributed by atoms with Crippen LogP contribution in [-0.2, 0) is 7.05 Å². The van der Waals surface area contributed by atoms with Crippen molar-refractivity contribution in [3.8, 4) is 11.5 Å². The summed E-state index contributed by atoms with van der Waals surface area (Å²) >= 11 is 0. The number of fused-ring (bicyclic) bond motifs is 2. The van der Waals surface area contributed by atoms with Crippen LogP contribution in [0.5, 0.6) is 11.5 Å². The van der Waals surface area contributed by atoms with E-state index in [4.69, 9.17) is 13.9 Å². The van der Waals surface area contributed by atoms with Crippen LogP contribution < -0.4 is 9.47 Å². The van der Waals surface area contributed by atoms with E-state index in [-0.39, 0.29) is 0 Å². The van der Waals surface area contributed by atoms with Gasteiger partial charge in [0.2, 0.25) is 0 Å². The van der Waals surface area contributed by atoms with Gasteiger partial charge in [0, 0.05) is 7.05 Å². The largest absolute Gasteiger partial charge is 0.495 e. The van der Waals surface area contributed by atoms with Crippen LogP contribution in [0.4, 0.5) is 0 Å². The third-order valence-electron chi connectivity index (χ3n) is 3.19. The fourth-order valence-electron chi connectivity index (χ4n) is 2.50. The van der Waals surface area contributed by atoms with Crippen LogP contribution in [-0.4, -0.2) is 24.0 Å². The van der Waals surface area contributed by atoms with Crippen molar-refractivity contribution in [1.29, 1.82) is 0 Å². The maximum Gasteiger partial charge on any atom is 0.188 e. The number of hydrogen-bond acceptors (Lipinski definition) is 4. The number of methoxy groups -OCH3 is 2. The number of aromatic nitrogens is 2. The molecule has 0 amide bonds. The van der Waals surface area contributed by atoms with E-state index in [1.54, 1.807) is 25.2 Å². The summed E-state index contributed by atoms with van der Waals surface area (Å²) in [6.07, 6.45) is 1.64. The zero-order valence-electron chi connectivity index (χ0n) is 10.8. The van der Waals surface area contributed by atoms with Crippen molar-refractivity contribution < 1.29 is 13.9 Å². The number of hydrogen-bond donors (Lipinski definition) is 0. The molecule has 0 aliphatic rings. The predicted molar refractivity (Wildman–Crippen MR) is 68.3 cm³/mol. The third kappa shape index (κ3) is 1.19. The van der Waals surface area contributed by atoms with Crippen LogP contribution in [0.25, 0.3) is 21.9 Å². The fourth-order valence-corrected chi connectivity index (χ4v) is 2.50. The van der Waals surface area contributed by atoms with Gasteiger partial charge in [0.05, 0.1) is 36.9 Å². The van der Waals surface area contributed by atoms with Crippen molar-refractivity contribution in [2.45, 2.75) is 6.92 Å². The molecule has 0 spiro atoms. The van der Waals surface area contributed by atoms with Gasteiger partial charge in [-0.15, -0.1) is 0 Å². The minimum atomic E-state index is 0.685. The first-order valence-corrected chi connectivity index (χ1v) is 5.63. The number of aryl methyl sites for hydroxylation is 2. The molecule has 3 aromatic rings. The van der Waals surface area contributed by atoms with Gasteiger partial charge < -0.3 is 13.9 Å². The molecular weight excluding hydrogens is 232 g/mol. The second-order valence-corrected chi connectivity index (χ2v) is 4.16. The molecule has 0 unspecified atom stereocenters. The smallest absolute Gasteiger partial charge is 0.188 e. The lowest BCUT2D eigenvalue weighted by atomic mass is 10.1. The SMILES string of the molecule is COc1c2ccoc2c(OC)c2c1c(C)nn2C. The molecule has 3 rings (SSSR count). The average Bonchev–Trinajstić information content (AvgIpc) is 2.93. The molecule has 0 saturated carbocycles. The van der Waals surface area contributed by atoms with Gasteiger partial charge in [-0.05, 0) is 13.0 Å². The van der Waals surface area contributed by atoms with Gasteiger partial charge in [-0.2, -0.15) is 5.10 Å². The molecule has 0 fully saturated rings. The Hall–Kier alpha value is -2.17. The maximum absolute atomic E-state index is 5.52.